The first-order chi connectivity index (χ1) is 30.3. The molecule has 0 N–H and O–H groups in total. The molecule has 0 bridgehead atoms. The summed E-state index contributed by atoms with van der Waals surface area (Å²) in [5.41, 5.74) is 23.4. The number of nitrogens with zero attached hydrogens (tertiary/aromatic N) is 2. The van der Waals surface area contributed by atoms with Crippen LogP contribution in [-0.2, 0) is 16.2 Å². The summed E-state index contributed by atoms with van der Waals surface area (Å²) in [4.78, 5) is 2.66. The van der Waals surface area contributed by atoms with Crippen molar-refractivity contribution in [3.05, 3.63) is 174 Å². The second-order valence-electron chi connectivity index (χ2n) is 20.9. The van der Waals surface area contributed by atoms with Gasteiger partial charge in [0, 0.05) is 49.6 Å². The van der Waals surface area contributed by atoms with Gasteiger partial charge in [-0.1, -0.05) is 152 Å². The van der Waals surface area contributed by atoms with Crippen molar-refractivity contribution in [2.45, 2.75) is 71.6 Å². The van der Waals surface area contributed by atoms with E-state index in [4.69, 9.17) is 4.42 Å². The van der Waals surface area contributed by atoms with E-state index in [1.807, 2.05) is 0 Å². The van der Waals surface area contributed by atoms with Crippen LogP contribution in [0.1, 0.15) is 77.6 Å². The predicted molar refractivity (Wildman–Crippen MR) is 267 cm³/mol. The Morgan fingerprint density at radius 2 is 1.24 bits per heavy atom. The summed E-state index contributed by atoms with van der Waals surface area (Å²) in [6.07, 6.45) is 0. The number of benzene rings is 8. The topological polar surface area (TPSA) is 21.3 Å². The van der Waals surface area contributed by atoms with E-state index in [9.17, 15) is 0 Å². The van der Waals surface area contributed by atoms with Gasteiger partial charge in [0.15, 0.2) is 0 Å². The highest BCUT2D eigenvalue weighted by molar-refractivity contribution is 6.94. The fraction of sp³-hybridized carbons (Fsp3) is 0.186. The van der Waals surface area contributed by atoms with Gasteiger partial charge >= 0.3 is 6.85 Å². The van der Waals surface area contributed by atoms with Crippen molar-refractivity contribution in [2.24, 2.45) is 0 Å². The Morgan fingerprint density at radius 3 is 2.02 bits per heavy atom. The summed E-state index contributed by atoms with van der Waals surface area (Å²) in [5, 5.41) is 4.93. The molecule has 8 aromatic carbocycles. The minimum Gasteiger partial charge on any atom is -0.455 e. The molecule has 0 fully saturated rings. The molecule has 4 heterocycles. The van der Waals surface area contributed by atoms with Crippen LogP contribution in [0.3, 0.4) is 0 Å². The summed E-state index contributed by atoms with van der Waals surface area (Å²) >= 11 is 0. The minimum absolute atomic E-state index is 0.00220. The van der Waals surface area contributed by atoms with E-state index >= 15 is 0 Å². The van der Waals surface area contributed by atoms with Crippen molar-refractivity contribution in [1.82, 2.24) is 4.57 Å². The number of anilines is 2. The molecule has 0 saturated carbocycles. The molecule has 1 aliphatic carbocycles. The molecule has 63 heavy (non-hydrogen) atoms. The lowest BCUT2D eigenvalue weighted by Gasteiger charge is -2.44. The summed E-state index contributed by atoms with van der Waals surface area (Å²) in [6.45, 7) is 18.8. The van der Waals surface area contributed by atoms with Crippen LogP contribution in [0.15, 0.2) is 156 Å². The zero-order valence-corrected chi connectivity index (χ0v) is 37.3. The quantitative estimate of drug-likeness (QED) is 0.162. The highest BCUT2D eigenvalue weighted by Crippen LogP contribution is 2.58. The standard InChI is InChI=1S/C59H49BN2O/c1-57(2,3)36-24-28-47-42(30-36)44-31-37(58(4,5)6)32-46-55(44)61(47)49-33-43-39-18-12-14-20-45(39)59(7,8)53(43)52-51-48(29-27-41-40-19-13-15-21-50(40)63-56(41)51)62(60(46)54(49)52)38-25-22-35(23-26-38)34-16-10-9-11-17-34/h9-33H,1-8H3. The first kappa shape index (κ1) is 36.8. The van der Waals surface area contributed by atoms with Gasteiger partial charge in [0.2, 0.25) is 0 Å². The summed E-state index contributed by atoms with van der Waals surface area (Å²) in [6, 6.07) is 57.3. The van der Waals surface area contributed by atoms with E-state index in [0.717, 1.165) is 27.6 Å². The van der Waals surface area contributed by atoms with Crippen LogP contribution in [0.2, 0.25) is 0 Å². The van der Waals surface area contributed by atoms with Crippen LogP contribution in [0.25, 0.3) is 82.8 Å². The lowest BCUT2D eigenvalue weighted by molar-refractivity contribution is 0.590. The molecule has 13 rings (SSSR count). The Hall–Kier alpha value is -6.78. The maximum atomic E-state index is 7.16. The number of aromatic nitrogens is 1. The molecule has 0 radical (unpaired) electrons. The zero-order chi connectivity index (χ0) is 42.9. The number of hydrogen-bond donors (Lipinski definition) is 0. The largest absolute Gasteiger partial charge is 0.455 e. The molecule has 0 spiro atoms. The number of hydrogen-bond acceptors (Lipinski definition) is 2. The van der Waals surface area contributed by atoms with Crippen molar-refractivity contribution in [3.8, 4) is 39.1 Å². The Morgan fingerprint density at radius 1 is 0.540 bits per heavy atom. The minimum atomic E-state index is -0.269. The van der Waals surface area contributed by atoms with E-state index in [2.05, 4.69) is 216 Å². The molecular formula is C59H49BN2O. The monoisotopic (exact) mass is 812 g/mol. The molecule has 4 heteroatoms. The fourth-order valence-corrected chi connectivity index (χ4v) is 11.7. The molecule has 0 atom stereocenters. The SMILES string of the molecule is CC(C)(C)c1ccc2c(c1)c1cc(C(C)(C)C)cc3c1n2-c1cc2c(c4c1B3N(c1ccc(-c3ccccc3)cc1)c1ccc3c(oc5ccccc53)c1-4)C(C)(C)c1ccccc1-2. The van der Waals surface area contributed by atoms with Gasteiger partial charge in [0.25, 0.3) is 0 Å². The Kier molecular flexibility index (Phi) is 7.15. The molecule has 2 aliphatic heterocycles. The third-order valence-corrected chi connectivity index (χ3v) is 14.8. The van der Waals surface area contributed by atoms with Crippen LogP contribution in [0.4, 0.5) is 11.4 Å². The van der Waals surface area contributed by atoms with Crippen LogP contribution >= 0.6 is 0 Å². The molecule has 304 valence electrons. The maximum absolute atomic E-state index is 7.16. The van der Waals surface area contributed by atoms with Gasteiger partial charge in [-0.15, -0.1) is 0 Å². The van der Waals surface area contributed by atoms with Gasteiger partial charge < -0.3 is 13.8 Å². The normalized spacial score (nSPS) is 14.7. The van der Waals surface area contributed by atoms with Gasteiger partial charge in [0.05, 0.1) is 11.0 Å². The van der Waals surface area contributed by atoms with Crippen LogP contribution < -0.4 is 15.7 Å². The van der Waals surface area contributed by atoms with Crippen molar-refractivity contribution in [1.29, 1.82) is 0 Å². The number of para-hydroxylation sites is 1. The molecule has 0 unspecified atom stereocenters. The molecule has 0 amide bonds. The lowest BCUT2D eigenvalue weighted by atomic mass is 9.43. The highest BCUT2D eigenvalue weighted by Gasteiger charge is 2.50. The highest BCUT2D eigenvalue weighted by atomic mass is 16.3. The first-order valence-corrected chi connectivity index (χ1v) is 22.6. The van der Waals surface area contributed by atoms with Crippen LogP contribution in [0, 0.1) is 0 Å². The van der Waals surface area contributed by atoms with Crippen molar-refractivity contribution < 1.29 is 4.42 Å². The smallest absolute Gasteiger partial charge is 0.333 e. The number of fused-ring (bicyclic) bond motifs is 15. The molecule has 3 nitrogen and oxygen atoms in total. The van der Waals surface area contributed by atoms with Gasteiger partial charge in [-0.25, -0.2) is 0 Å². The van der Waals surface area contributed by atoms with Gasteiger partial charge in [-0.3, -0.25) is 0 Å². The Labute approximate surface area is 369 Å². The van der Waals surface area contributed by atoms with Gasteiger partial charge in [-0.05, 0) is 126 Å². The molecule has 0 saturated heterocycles. The van der Waals surface area contributed by atoms with Crippen molar-refractivity contribution in [2.75, 3.05) is 4.81 Å². The maximum Gasteiger partial charge on any atom is 0.333 e. The van der Waals surface area contributed by atoms with E-state index in [1.54, 1.807) is 0 Å². The van der Waals surface area contributed by atoms with E-state index in [0.29, 0.717) is 0 Å². The second-order valence-corrected chi connectivity index (χ2v) is 20.9. The second kappa shape index (κ2) is 12.2. The van der Waals surface area contributed by atoms with Crippen LogP contribution in [0.5, 0.6) is 0 Å². The van der Waals surface area contributed by atoms with Crippen molar-refractivity contribution >= 4 is 72.9 Å². The zero-order valence-electron chi connectivity index (χ0n) is 37.3. The van der Waals surface area contributed by atoms with Crippen LogP contribution in [-0.4, -0.2) is 11.4 Å². The van der Waals surface area contributed by atoms with E-state index in [1.165, 1.54) is 99.7 Å². The van der Waals surface area contributed by atoms with E-state index < -0.39 is 0 Å². The summed E-state index contributed by atoms with van der Waals surface area (Å²) in [5.74, 6) is 0. The third-order valence-electron chi connectivity index (χ3n) is 14.8. The van der Waals surface area contributed by atoms with Gasteiger partial charge in [-0.2, -0.15) is 0 Å². The third kappa shape index (κ3) is 4.87. The predicted octanol–water partition coefficient (Wildman–Crippen LogP) is 14.5. The Bertz CT molecular complexity index is 3610. The average molecular weight is 813 g/mol. The van der Waals surface area contributed by atoms with E-state index in [-0.39, 0.29) is 23.1 Å². The molecular weight excluding hydrogens is 763 g/mol. The molecule has 2 aromatic heterocycles. The van der Waals surface area contributed by atoms with Crippen molar-refractivity contribution in [3.63, 3.8) is 0 Å². The number of rotatable bonds is 2. The first-order valence-electron chi connectivity index (χ1n) is 22.6. The Balaban J connectivity index is 1.24. The molecule has 3 aliphatic rings. The number of furan rings is 1. The van der Waals surface area contributed by atoms with Gasteiger partial charge in [0.1, 0.15) is 11.2 Å². The summed E-state index contributed by atoms with van der Waals surface area (Å²) < 4.78 is 9.80. The summed E-state index contributed by atoms with van der Waals surface area (Å²) in [7, 11) is 0. The fourth-order valence-electron chi connectivity index (χ4n) is 11.7. The molecule has 10 aromatic rings. The average Bonchev–Trinajstić information content (AvgIpc) is 3.90. The lowest BCUT2D eigenvalue weighted by Crippen LogP contribution is -2.61.